The van der Waals surface area contributed by atoms with Gasteiger partial charge in [-0.2, -0.15) is 0 Å². The molecule has 2 aromatic carbocycles. The molecule has 1 aliphatic rings. The van der Waals surface area contributed by atoms with Crippen molar-refractivity contribution in [2.75, 3.05) is 6.61 Å². The highest BCUT2D eigenvalue weighted by Gasteiger charge is 2.29. The maximum absolute atomic E-state index is 12.4. The van der Waals surface area contributed by atoms with E-state index in [0.29, 0.717) is 0 Å². The van der Waals surface area contributed by atoms with Gasteiger partial charge >= 0.3 is 12.1 Å². The van der Waals surface area contributed by atoms with Crippen LogP contribution in [-0.4, -0.2) is 23.8 Å². The van der Waals surface area contributed by atoms with Crippen molar-refractivity contribution in [3.05, 3.63) is 82.8 Å². The fraction of sp³-hybridized carbons (Fsp3) is 0.182. The third kappa shape index (κ3) is 3.98. The van der Waals surface area contributed by atoms with Gasteiger partial charge in [-0.15, -0.1) is 0 Å². The number of alkyl carbamates (subject to hydrolysis) is 1. The van der Waals surface area contributed by atoms with Crippen LogP contribution in [0.4, 0.5) is 4.79 Å². The summed E-state index contributed by atoms with van der Waals surface area (Å²) in [6.07, 6.45) is -1.07. The van der Waals surface area contributed by atoms with Crippen LogP contribution >= 0.6 is 11.6 Å². The van der Waals surface area contributed by atoms with Crippen LogP contribution in [0.3, 0.4) is 0 Å². The molecule has 0 spiro atoms. The highest BCUT2D eigenvalue weighted by Crippen LogP contribution is 2.44. The largest absolute Gasteiger partial charge is 0.481 e. The van der Waals surface area contributed by atoms with Gasteiger partial charge in [-0.3, -0.25) is 4.79 Å². The fourth-order valence-electron chi connectivity index (χ4n) is 3.70. The van der Waals surface area contributed by atoms with Crippen LogP contribution in [0.15, 0.2) is 65.1 Å². The van der Waals surface area contributed by atoms with E-state index in [0.717, 1.165) is 22.3 Å². The van der Waals surface area contributed by atoms with Crippen molar-refractivity contribution in [3.8, 4) is 11.1 Å². The molecule has 1 atom stereocenters. The molecule has 0 fully saturated rings. The van der Waals surface area contributed by atoms with Crippen LogP contribution in [-0.2, 0) is 9.53 Å². The van der Waals surface area contributed by atoms with Gasteiger partial charge in [0.2, 0.25) is 0 Å². The average Bonchev–Trinajstić information content (AvgIpc) is 3.27. The van der Waals surface area contributed by atoms with Crippen molar-refractivity contribution >= 4 is 23.7 Å². The van der Waals surface area contributed by atoms with E-state index < -0.39 is 18.1 Å². The number of fused-ring (bicyclic) bond motifs is 3. The van der Waals surface area contributed by atoms with Gasteiger partial charge in [0, 0.05) is 5.92 Å². The van der Waals surface area contributed by atoms with E-state index in [1.807, 2.05) is 36.4 Å². The van der Waals surface area contributed by atoms with Gasteiger partial charge in [0.25, 0.3) is 0 Å². The predicted molar refractivity (Wildman–Crippen MR) is 107 cm³/mol. The molecule has 1 amide bonds. The molecule has 3 aromatic rings. The lowest BCUT2D eigenvalue weighted by molar-refractivity contribution is -0.137. The number of carboxylic acids is 1. The normalized spacial score (nSPS) is 13.4. The standard InChI is InChI=1S/C22H18ClNO5/c23-20-10-9-19(29-20)18(11-21(25)26)24-22(27)28-12-17-15-7-3-1-5-13(15)14-6-2-4-8-16(14)17/h1-10,17-18H,11-12H2,(H,24,27)(H,25,26)/t18-/m1/s1. The molecule has 1 heterocycles. The predicted octanol–water partition coefficient (Wildman–Crippen LogP) is 4.99. The Hall–Kier alpha value is -3.25. The van der Waals surface area contributed by atoms with Crippen LogP contribution in [0, 0.1) is 0 Å². The summed E-state index contributed by atoms with van der Waals surface area (Å²) in [7, 11) is 0. The Morgan fingerprint density at radius 3 is 2.21 bits per heavy atom. The van der Waals surface area contributed by atoms with Crippen LogP contribution < -0.4 is 5.32 Å². The van der Waals surface area contributed by atoms with Crippen molar-refractivity contribution in [1.82, 2.24) is 5.32 Å². The summed E-state index contributed by atoms with van der Waals surface area (Å²) >= 11 is 5.76. The summed E-state index contributed by atoms with van der Waals surface area (Å²) in [5.74, 6) is -0.906. The number of amides is 1. The summed E-state index contributed by atoms with van der Waals surface area (Å²) < 4.78 is 10.7. The minimum absolute atomic E-state index is 0.0795. The molecule has 4 rings (SSSR count). The number of carboxylic acid groups (broad SMARTS) is 1. The molecule has 0 aliphatic heterocycles. The van der Waals surface area contributed by atoms with Crippen molar-refractivity contribution in [1.29, 1.82) is 0 Å². The lowest BCUT2D eigenvalue weighted by Gasteiger charge is -2.17. The van der Waals surface area contributed by atoms with E-state index in [1.54, 1.807) is 0 Å². The number of carbonyl (C=O) groups excluding carboxylic acids is 1. The topological polar surface area (TPSA) is 88.8 Å². The molecule has 0 saturated heterocycles. The molecule has 0 saturated carbocycles. The van der Waals surface area contributed by atoms with E-state index in [9.17, 15) is 9.59 Å². The molecule has 0 unspecified atom stereocenters. The third-order valence-electron chi connectivity index (χ3n) is 4.95. The number of hydrogen-bond acceptors (Lipinski definition) is 4. The third-order valence-corrected chi connectivity index (χ3v) is 5.16. The van der Waals surface area contributed by atoms with Crippen LogP contribution in [0.5, 0.6) is 0 Å². The zero-order valence-electron chi connectivity index (χ0n) is 15.3. The number of ether oxygens (including phenoxy) is 1. The van der Waals surface area contributed by atoms with Crippen molar-refractivity contribution in [2.24, 2.45) is 0 Å². The quantitative estimate of drug-likeness (QED) is 0.596. The van der Waals surface area contributed by atoms with Crippen LogP contribution in [0.1, 0.15) is 35.3 Å². The fourth-order valence-corrected chi connectivity index (χ4v) is 3.85. The van der Waals surface area contributed by atoms with Crippen LogP contribution in [0.2, 0.25) is 5.22 Å². The number of nitrogens with one attached hydrogen (secondary N) is 1. The first-order valence-electron chi connectivity index (χ1n) is 9.11. The number of hydrogen-bond donors (Lipinski definition) is 2. The summed E-state index contributed by atoms with van der Waals surface area (Å²) in [5, 5.41) is 11.8. The molecule has 2 N–H and O–H groups in total. The Morgan fingerprint density at radius 1 is 1.03 bits per heavy atom. The lowest BCUT2D eigenvalue weighted by Crippen LogP contribution is -2.31. The first kappa shape index (κ1) is 19.1. The molecule has 0 radical (unpaired) electrons. The second kappa shape index (κ2) is 8.01. The second-order valence-corrected chi connectivity index (χ2v) is 7.13. The van der Waals surface area contributed by atoms with E-state index >= 15 is 0 Å². The zero-order valence-corrected chi connectivity index (χ0v) is 16.1. The Kier molecular flexibility index (Phi) is 5.27. The van der Waals surface area contributed by atoms with Crippen molar-refractivity contribution in [2.45, 2.75) is 18.4 Å². The minimum atomic E-state index is -1.08. The SMILES string of the molecule is O=C(O)C[C@@H](NC(=O)OCC1c2ccccc2-c2ccccc21)c1ccc(Cl)o1. The molecule has 0 bridgehead atoms. The Balaban J connectivity index is 1.47. The number of benzene rings is 2. The van der Waals surface area contributed by atoms with Crippen LogP contribution in [0.25, 0.3) is 11.1 Å². The van der Waals surface area contributed by atoms with E-state index in [-0.39, 0.29) is 29.9 Å². The van der Waals surface area contributed by atoms with Gasteiger partial charge in [0.15, 0.2) is 5.22 Å². The van der Waals surface area contributed by atoms with Gasteiger partial charge in [-0.05, 0) is 46.0 Å². The summed E-state index contributed by atoms with van der Waals surface area (Å²) in [4.78, 5) is 23.5. The van der Waals surface area contributed by atoms with Crippen molar-refractivity contribution in [3.63, 3.8) is 0 Å². The van der Waals surface area contributed by atoms with E-state index in [1.165, 1.54) is 12.1 Å². The number of aliphatic carboxylic acids is 1. The summed E-state index contributed by atoms with van der Waals surface area (Å²) in [6.45, 7) is 0.137. The molecule has 148 valence electrons. The highest BCUT2D eigenvalue weighted by molar-refractivity contribution is 6.28. The molecule has 6 nitrogen and oxygen atoms in total. The highest BCUT2D eigenvalue weighted by atomic mass is 35.5. The zero-order chi connectivity index (χ0) is 20.4. The Bertz CT molecular complexity index is 1020. The Labute approximate surface area is 172 Å². The van der Waals surface area contributed by atoms with E-state index in [4.69, 9.17) is 25.9 Å². The minimum Gasteiger partial charge on any atom is -0.481 e. The first-order chi connectivity index (χ1) is 14.0. The molecule has 29 heavy (non-hydrogen) atoms. The maximum atomic E-state index is 12.4. The number of furan rings is 1. The monoisotopic (exact) mass is 411 g/mol. The molecule has 1 aromatic heterocycles. The van der Waals surface area contributed by atoms with Gasteiger partial charge in [0.05, 0.1) is 6.42 Å². The number of rotatable bonds is 6. The molecule has 1 aliphatic carbocycles. The maximum Gasteiger partial charge on any atom is 0.407 e. The second-order valence-electron chi connectivity index (χ2n) is 6.76. The molecule has 7 heteroatoms. The smallest absolute Gasteiger partial charge is 0.407 e. The van der Waals surface area contributed by atoms with Gasteiger partial charge in [-0.25, -0.2) is 4.79 Å². The van der Waals surface area contributed by atoms with Gasteiger partial charge in [0.1, 0.15) is 18.4 Å². The van der Waals surface area contributed by atoms with Gasteiger partial charge in [-0.1, -0.05) is 48.5 Å². The van der Waals surface area contributed by atoms with Crippen molar-refractivity contribution < 1.29 is 23.8 Å². The number of halogens is 1. The first-order valence-corrected chi connectivity index (χ1v) is 9.49. The van der Waals surface area contributed by atoms with Gasteiger partial charge < -0.3 is 19.6 Å². The number of carbonyl (C=O) groups is 2. The van der Waals surface area contributed by atoms with E-state index in [2.05, 4.69) is 17.4 Å². The summed E-state index contributed by atoms with van der Waals surface area (Å²) in [5.41, 5.74) is 4.46. The summed E-state index contributed by atoms with van der Waals surface area (Å²) in [6, 6.07) is 18.2. The molecular weight excluding hydrogens is 394 g/mol. The Morgan fingerprint density at radius 2 is 1.66 bits per heavy atom. The lowest BCUT2D eigenvalue weighted by atomic mass is 9.98. The average molecular weight is 412 g/mol. The molecular formula is C22H18ClNO5.